The maximum Gasteiger partial charge on any atom is 0.241 e. The number of hydrogen-bond donors (Lipinski definition) is 1. The minimum atomic E-state index is -0.355. The minimum Gasteiger partial charge on any atom is -0.468 e. The molecule has 3 rings (SSSR count). The predicted molar refractivity (Wildman–Crippen MR) is 90.0 cm³/mol. The van der Waals surface area contributed by atoms with Crippen LogP contribution in [0.5, 0.6) is 0 Å². The van der Waals surface area contributed by atoms with Gasteiger partial charge in [-0.1, -0.05) is 6.07 Å². The molecular formula is C18H22FN3O2. The van der Waals surface area contributed by atoms with Crippen molar-refractivity contribution in [3.8, 4) is 0 Å². The summed E-state index contributed by atoms with van der Waals surface area (Å²) in [6.45, 7) is 6.09. The molecular weight excluding hydrogens is 309 g/mol. The van der Waals surface area contributed by atoms with E-state index in [1.165, 1.54) is 12.1 Å². The van der Waals surface area contributed by atoms with Gasteiger partial charge in [-0.25, -0.2) is 4.39 Å². The van der Waals surface area contributed by atoms with Gasteiger partial charge < -0.3 is 9.73 Å². The Morgan fingerprint density at radius 1 is 1.25 bits per heavy atom. The number of rotatable bonds is 5. The third-order valence-corrected chi connectivity index (χ3v) is 4.39. The lowest BCUT2D eigenvalue weighted by atomic mass is 10.2. The number of nitrogens with one attached hydrogen (secondary N) is 1. The Labute approximate surface area is 141 Å². The van der Waals surface area contributed by atoms with Gasteiger partial charge in [0, 0.05) is 31.9 Å². The van der Waals surface area contributed by atoms with Gasteiger partial charge in [0.1, 0.15) is 11.6 Å². The summed E-state index contributed by atoms with van der Waals surface area (Å²) in [6.07, 6.45) is 1.68. The maximum absolute atomic E-state index is 13.2. The van der Waals surface area contributed by atoms with E-state index in [0.29, 0.717) is 5.69 Å². The molecule has 1 fully saturated rings. The largest absolute Gasteiger partial charge is 0.468 e. The monoisotopic (exact) mass is 331 g/mol. The Morgan fingerprint density at radius 3 is 2.71 bits per heavy atom. The third-order valence-electron chi connectivity index (χ3n) is 4.39. The number of furan rings is 1. The molecule has 2 aromatic rings. The lowest BCUT2D eigenvalue weighted by Crippen LogP contribution is -2.52. The number of carbonyl (C=O) groups excluding carboxylic acids is 1. The molecule has 1 aromatic carbocycles. The van der Waals surface area contributed by atoms with Gasteiger partial charge >= 0.3 is 0 Å². The highest BCUT2D eigenvalue weighted by Gasteiger charge is 2.25. The van der Waals surface area contributed by atoms with Crippen molar-refractivity contribution in [1.82, 2.24) is 9.80 Å². The molecule has 1 aliphatic heterocycles. The van der Waals surface area contributed by atoms with Gasteiger partial charge in [0.15, 0.2) is 0 Å². The van der Waals surface area contributed by atoms with E-state index in [0.717, 1.165) is 38.5 Å². The van der Waals surface area contributed by atoms with Crippen LogP contribution in [0.4, 0.5) is 10.1 Å². The van der Waals surface area contributed by atoms with Crippen molar-refractivity contribution in [1.29, 1.82) is 0 Å². The van der Waals surface area contributed by atoms with Gasteiger partial charge in [-0.3, -0.25) is 14.6 Å². The van der Waals surface area contributed by atoms with Gasteiger partial charge in [-0.15, -0.1) is 0 Å². The zero-order valence-electron chi connectivity index (χ0n) is 13.7. The summed E-state index contributed by atoms with van der Waals surface area (Å²) in [5, 5.41) is 2.78. The van der Waals surface area contributed by atoms with E-state index in [2.05, 4.69) is 15.1 Å². The van der Waals surface area contributed by atoms with Gasteiger partial charge in [-0.2, -0.15) is 0 Å². The molecule has 6 heteroatoms. The number of amides is 1. The highest BCUT2D eigenvalue weighted by Crippen LogP contribution is 2.14. The molecule has 128 valence electrons. The fraction of sp³-hybridized carbons (Fsp3) is 0.389. The predicted octanol–water partition coefficient (Wildman–Crippen LogP) is 2.56. The van der Waals surface area contributed by atoms with Crippen molar-refractivity contribution in [3.63, 3.8) is 0 Å². The van der Waals surface area contributed by atoms with Crippen molar-refractivity contribution in [3.05, 3.63) is 54.2 Å². The van der Waals surface area contributed by atoms with Crippen molar-refractivity contribution in [2.75, 3.05) is 31.5 Å². The first kappa shape index (κ1) is 16.7. The van der Waals surface area contributed by atoms with Crippen LogP contribution in [0.1, 0.15) is 12.7 Å². The van der Waals surface area contributed by atoms with Crippen LogP contribution in [0.25, 0.3) is 0 Å². The fourth-order valence-corrected chi connectivity index (χ4v) is 2.91. The summed E-state index contributed by atoms with van der Waals surface area (Å²) in [7, 11) is 0. The molecule has 1 saturated heterocycles. The number of nitrogens with zero attached hydrogens (tertiary/aromatic N) is 2. The average molecular weight is 331 g/mol. The average Bonchev–Trinajstić information content (AvgIpc) is 3.08. The topological polar surface area (TPSA) is 48.7 Å². The summed E-state index contributed by atoms with van der Waals surface area (Å²) in [4.78, 5) is 16.8. The Bertz CT molecular complexity index is 667. The summed E-state index contributed by atoms with van der Waals surface area (Å²) < 4.78 is 18.6. The van der Waals surface area contributed by atoms with Crippen LogP contribution in [0.15, 0.2) is 47.1 Å². The Kier molecular flexibility index (Phi) is 5.27. The fourth-order valence-electron chi connectivity index (χ4n) is 2.91. The molecule has 0 radical (unpaired) electrons. The number of carbonyl (C=O) groups is 1. The van der Waals surface area contributed by atoms with Crippen LogP contribution in [0.3, 0.4) is 0 Å². The Hall–Kier alpha value is -2.18. The smallest absolute Gasteiger partial charge is 0.241 e. The van der Waals surface area contributed by atoms with Gasteiger partial charge in [-0.05, 0) is 37.3 Å². The third kappa shape index (κ3) is 4.21. The second-order valence-electron chi connectivity index (χ2n) is 6.07. The number of benzene rings is 1. The van der Waals surface area contributed by atoms with Gasteiger partial charge in [0.2, 0.25) is 5.91 Å². The zero-order valence-corrected chi connectivity index (χ0v) is 13.7. The van der Waals surface area contributed by atoms with Crippen molar-refractivity contribution < 1.29 is 13.6 Å². The standard InChI is InChI=1S/C18H22FN3O2/c1-14(18(23)20-16-5-2-4-15(19)12-16)22-9-7-21(8-10-22)13-17-6-3-11-24-17/h2-6,11-12,14H,7-10,13H2,1H3,(H,20,23)/t14-/m0/s1. The molecule has 0 unspecified atom stereocenters. The number of anilines is 1. The highest BCUT2D eigenvalue weighted by atomic mass is 19.1. The zero-order chi connectivity index (χ0) is 16.9. The second-order valence-corrected chi connectivity index (χ2v) is 6.07. The van der Waals surface area contributed by atoms with Crippen LogP contribution in [0.2, 0.25) is 0 Å². The van der Waals surface area contributed by atoms with Crippen LogP contribution >= 0.6 is 0 Å². The molecule has 0 aliphatic carbocycles. The number of hydrogen-bond acceptors (Lipinski definition) is 4. The highest BCUT2D eigenvalue weighted by molar-refractivity contribution is 5.94. The first-order valence-corrected chi connectivity index (χ1v) is 8.17. The Morgan fingerprint density at radius 2 is 2.04 bits per heavy atom. The van der Waals surface area contributed by atoms with Crippen LogP contribution in [-0.4, -0.2) is 47.9 Å². The Balaban J connectivity index is 1.49. The second kappa shape index (κ2) is 7.59. The molecule has 1 aromatic heterocycles. The van der Waals surface area contributed by atoms with E-state index in [4.69, 9.17) is 4.42 Å². The molecule has 5 nitrogen and oxygen atoms in total. The number of halogens is 1. The van der Waals surface area contributed by atoms with Crippen LogP contribution in [0, 0.1) is 5.82 Å². The van der Waals surface area contributed by atoms with Crippen molar-refractivity contribution >= 4 is 11.6 Å². The van der Waals surface area contributed by atoms with Crippen molar-refractivity contribution in [2.24, 2.45) is 0 Å². The molecule has 0 saturated carbocycles. The molecule has 0 bridgehead atoms. The first-order valence-electron chi connectivity index (χ1n) is 8.17. The minimum absolute atomic E-state index is 0.111. The lowest BCUT2D eigenvalue weighted by molar-refractivity contribution is -0.121. The molecule has 24 heavy (non-hydrogen) atoms. The lowest BCUT2D eigenvalue weighted by Gasteiger charge is -2.37. The van der Waals surface area contributed by atoms with Crippen molar-refractivity contribution in [2.45, 2.75) is 19.5 Å². The first-order chi connectivity index (χ1) is 11.6. The number of piperazine rings is 1. The van der Waals surface area contributed by atoms with Crippen LogP contribution in [-0.2, 0) is 11.3 Å². The molecule has 2 heterocycles. The summed E-state index contributed by atoms with van der Waals surface area (Å²) in [6, 6.07) is 9.58. The normalized spacial score (nSPS) is 17.6. The molecule has 0 spiro atoms. The molecule has 1 aliphatic rings. The van der Waals surface area contributed by atoms with Gasteiger partial charge in [0.05, 0.1) is 18.8 Å². The quantitative estimate of drug-likeness (QED) is 0.915. The molecule has 1 N–H and O–H groups in total. The maximum atomic E-state index is 13.2. The summed E-state index contributed by atoms with van der Waals surface area (Å²) >= 11 is 0. The SMILES string of the molecule is C[C@@H](C(=O)Nc1cccc(F)c1)N1CCN(Cc2ccco2)CC1. The summed E-state index contributed by atoms with van der Waals surface area (Å²) in [5.41, 5.74) is 0.489. The van der Waals surface area contributed by atoms with E-state index in [1.807, 2.05) is 19.1 Å². The van der Waals surface area contributed by atoms with E-state index >= 15 is 0 Å². The van der Waals surface area contributed by atoms with E-state index in [-0.39, 0.29) is 17.8 Å². The van der Waals surface area contributed by atoms with E-state index in [1.54, 1.807) is 18.4 Å². The summed E-state index contributed by atoms with van der Waals surface area (Å²) in [5.74, 6) is 0.493. The molecule has 1 amide bonds. The van der Waals surface area contributed by atoms with Crippen LogP contribution < -0.4 is 5.32 Å². The van der Waals surface area contributed by atoms with E-state index < -0.39 is 0 Å². The van der Waals surface area contributed by atoms with Gasteiger partial charge in [0.25, 0.3) is 0 Å². The van der Waals surface area contributed by atoms with E-state index in [9.17, 15) is 9.18 Å². The molecule has 1 atom stereocenters.